The number of aromatic amines is 1. The SMILES string of the molecule is CSc1nc2cc(Cl)c(S(N)(=O)=O)cc2[nH]1. The lowest BCUT2D eigenvalue weighted by molar-refractivity contribution is 0.598. The number of hydrogen-bond donors (Lipinski definition) is 2. The average Bonchev–Trinajstić information content (AvgIpc) is 2.56. The van der Waals surface area contributed by atoms with Crippen LogP contribution >= 0.6 is 23.4 Å². The van der Waals surface area contributed by atoms with E-state index in [1.54, 1.807) is 0 Å². The van der Waals surface area contributed by atoms with Gasteiger partial charge in [-0.15, -0.1) is 0 Å². The molecule has 0 aliphatic carbocycles. The van der Waals surface area contributed by atoms with E-state index in [0.717, 1.165) is 0 Å². The van der Waals surface area contributed by atoms with Gasteiger partial charge in [-0.2, -0.15) is 0 Å². The molecule has 0 unspecified atom stereocenters. The van der Waals surface area contributed by atoms with Crippen LogP contribution in [-0.4, -0.2) is 24.6 Å². The molecule has 1 aromatic heterocycles. The second kappa shape index (κ2) is 3.92. The summed E-state index contributed by atoms with van der Waals surface area (Å²) in [6.07, 6.45) is 1.86. The second-order valence-corrected chi connectivity index (χ2v) is 5.82. The normalized spacial score (nSPS) is 12.2. The minimum atomic E-state index is -3.81. The number of fused-ring (bicyclic) bond motifs is 1. The van der Waals surface area contributed by atoms with Gasteiger partial charge in [-0.1, -0.05) is 23.4 Å². The van der Waals surface area contributed by atoms with Crippen LogP contribution in [0.4, 0.5) is 0 Å². The van der Waals surface area contributed by atoms with Gasteiger partial charge in [0.25, 0.3) is 0 Å². The molecule has 0 aliphatic heterocycles. The first-order valence-corrected chi connectivity index (χ1v) is 7.33. The number of imidazole rings is 1. The van der Waals surface area contributed by atoms with Crippen LogP contribution in [0.2, 0.25) is 5.02 Å². The van der Waals surface area contributed by atoms with E-state index in [-0.39, 0.29) is 9.92 Å². The zero-order valence-electron chi connectivity index (χ0n) is 8.19. The first-order valence-electron chi connectivity index (χ1n) is 4.18. The predicted molar refractivity (Wildman–Crippen MR) is 64.3 cm³/mol. The van der Waals surface area contributed by atoms with Crippen LogP contribution in [0.3, 0.4) is 0 Å². The van der Waals surface area contributed by atoms with E-state index in [2.05, 4.69) is 9.97 Å². The quantitative estimate of drug-likeness (QED) is 0.816. The van der Waals surface area contributed by atoms with Gasteiger partial charge in [-0.3, -0.25) is 0 Å². The monoisotopic (exact) mass is 277 g/mol. The van der Waals surface area contributed by atoms with Crippen LogP contribution in [-0.2, 0) is 10.0 Å². The fourth-order valence-electron chi connectivity index (χ4n) is 1.30. The van der Waals surface area contributed by atoms with Crippen molar-refractivity contribution >= 4 is 44.4 Å². The largest absolute Gasteiger partial charge is 0.333 e. The summed E-state index contributed by atoms with van der Waals surface area (Å²) >= 11 is 7.24. The van der Waals surface area contributed by atoms with Crippen molar-refractivity contribution in [2.24, 2.45) is 5.14 Å². The van der Waals surface area contributed by atoms with Crippen molar-refractivity contribution in [1.29, 1.82) is 0 Å². The van der Waals surface area contributed by atoms with Crippen molar-refractivity contribution in [2.45, 2.75) is 10.1 Å². The number of nitrogens with zero attached hydrogens (tertiary/aromatic N) is 1. The number of sulfonamides is 1. The molecule has 0 bridgehead atoms. The third kappa shape index (κ3) is 2.03. The molecule has 1 heterocycles. The molecule has 8 heteroatoms. The summed E-state index contributed by atoms with van der Waals surface area (Å²) in [5.74, 6) is 0. The van der Waals surface area contributed by atoms with Gasteiger partial charge in [0.1, 0.15) is 4.90 Å². The van der Waals surface area contributed by atoms with E-state index in [4.69, 9.17) is 16.7 Å². The first kappa shape index (κ1) is 11.7. The Kier molecular flexibility index (Phi) is 2.87. The fourth-order valence-corrected chi connectivity index (χ4v) is 2.80. The molecule has 5 nitrogen and oxygen atoms in total. The highest BCUT2D eigenvalue weighted by molar-refractivity contribution is 7.98. The third-order valence-electron chi connectivity index (χ3n) is 2.01. The van der Waals surface area contributed by atoms with Gasteiger partial charge in [0.2, 0.25) is 10.0 Å². The number of benzene rings is 1. The van der Waals surface area contributed by atoms with E-state index in [0.29, 0.717) is 16.2 Å². The maximum atomic E-state index is 11.2. The molecule has 0 spiro atoms. The number of thioether (sulfide) groups is 1. The highest BCUT2D eigenvalue weighted by Crippen LogP contribution is 2.27. The molecule has 1 aromatic carbocycles. The molecule has 3 N–H and O–H groups in total. The lowest BCUT2D eigenvalue weighted by Crippen LogP contribution is -2.12. The Hall–Kier alpha value is -0.760. The minimum absolute atomic E-state index is 0.0779. The van der Waals surface area contributed by atoms with Gasteiger partial charge in [-0.05, 0) is 18.4 Å². The van der Waals surface area contributed by atoms with E-state index in [9.17, 15) is 8.42 Å². The van der Waals surface area contributed by atoms with Gasteiger partial charge in [0.05, 0.1) is 16.1 Å². The molecular weight excluding hydrogens is 270 g/mol. The number of rotatable bonds is 2. The minimum Gasteiger partial charge on any atom is -0.333 e. The maximum absolute atomic E-state index is 11.2. The van der Waals surface area contributed by atoms with Crippen LogP contribution in [0.1, 0.15) is 0 Å². The van der Waals surface area contributed by atoms with E-state index in [1.807, 2.05) is 6.26 Å². The first-order chi connectivity index (χ1) is 7.41. The Labute approximate surface area is 101 Å². The van der Waals surface area contributed by atoms with Crippen LogP contribution in [0.15, 0.2) is 22.2 Å². The Morgan fingerprint density at radius 3 is 2.75 bits per heavy atom. The second-order valence-electron chi connectivity index (χ2n) is 3.09. The Balaban J connectivity index is 2.75. The number of halogens is 1. The number of aromatic nitrogens is 2. The molecule has 0 saturated carbocycles. The molecule has 0 saturated heterocycles. The number of nitrogens with one attached hydrogen (secondary N) is 1. The molecule has 0 fully saturated rings. The third-order valence-corrected chi connectivity index (χ3v) is 3.97. The van der Waals surface area contributed by atoms with E-state index in [1.165, 1.54) is 23.9 Å². The highest BCUT2D eigenvalue weighted by Gasteiger charge is 2.15. The lowest BCUT2D eigenvalue weighted by atomic mass is 10.3. The van der Waals surface area contributed by atoms with Crippen LogP contribution in [0.5, 0.6) is 0 Å². The molecule has 0 atom stereocenters. The zero-order chi connectivity index (χ0) is 11.9. The van der Waals surface area contributed by atoms with Gasteiger partial charge in [-0.25, -0.2) is 18.5 Å². The smallest absolute Gasteiger partial charge is 0.239 e. The van der Waals surface area contributed by atoms with Crippen LogP contribution in [0.25, 0.3) is 11.0 Å². The predicted octanol–water partition coefficient (Wildman–Crippen LogP) is 1.59. The van der Waals surface area contributed by atoms with Crippen molar-refractivity contribution in [3.63, 3.8) is 0 Å². The molecule has 2 rings (SSSR count). The standard InChI is InChI=1S/C8H8ClN3O2S2/c1-15-8-11-5-2-4(9)7(16(10,13)14)3-6(5)12-8/h2-3H,1H3,(H,11,12)(H2,10,13,14). The number of nitrogens with two attached hydrogens (primary N) is 1. The van der Waals surface area contributed by atoms with Crippen molar-refractivity contribution in [3.05, 3.63) is 17.2 Å². The molecule has 86 valence electrons. The van der Waals surface area contributed by atoms with Crippen molar-refractivity contribution in [3.8, 4) is 0 Å². The van der Waals surface area contributed by atoms with Crippen molar-refractivity contribution < 1.29 is 8.42 Å². The zero-order valence-corrected chi connectivity index (χ0v) is 10.6. The Morgan fingerprint density at radius 2 is 2.19 bits per heavy atom. The average molecular weight is 278 g/mol. The molecule has 0 aliphatic rings. The van der Waals surface area contributed by atoms with Gasteiger partial charge < -0.3 is 4.98 Å². The number of primary sulfonamides is 1. The molecule has 2 aromatic rings. The highest BCUT2D eigenvalue weighted by atomic mass is 35.5. The van der Waals surface area contributed by atoms with Crippen LogP contribution < -0.4 is 5.14 Å². The summed E-state index contributed by atoms with van der Waals surface area (Å²) in [5.41, 5.74) is 1.21. The van der Waals surface area contributed by atoms with Gasteiger partial charge in [0, 0.05) is 0 Å². The van der Waals surface area contributed by atoms with Crippen molar-refractivity contribution in [1.82, 2.24) is 9.97 Å². The number of hydrogen-bond acceptors (Lipinski definition) is 4. The lowest BCUT2D eigenvalue weighted by Gasteiger charge is -2.00. The topological polar surface area (TPSA) is 88.8 Å². The molecular formula is C8H8ClN3O2S2. The fraction of sp³-hybridized carbons (Fsp3) is 0.125. The summed E-state index contributed by atoms with van der Waals surface area (Å²) in [5, 5.41) is 5.81. The molecule has 0 radical (unpaired) electrons. The summed E-state index contributed by atoms with van der Waals surface area (Å²) in [6, 6.07) is 2.87. The summed E-state index contributed by atoms with van der Waals surface area (Å²) in [7, 11) is -3.81. The van der Waals surface area contributed by atoms with E-state index >= 15 is 0 Å². The molecule has 0 amide bonds. The summed E-state index contributed by atoms with van der Waals surface area (Å²) in [4.78, 5) is 7.06. The Bertz CT molecular complexity index is 651. The Morgan fingerprint density at radius 1 is 1.50 bits per heavy atom. The van der Waals surface area contributed by atoms with Gasteiger partial charge >= 0.3 is 0 Å². The maximum Gasteiger partial charge on any atom is 0.239 e. The molecule has 16 heavy (non-hydrogen) atoms. The van der Waals surface area contributed by atoms with Crippen LogP contribution in [0, 0.1) is 0 Å². The summed E-state index contributed by atoms with van der Waals surface area (Å²) < 4.78 is 22.5. The van der Waals surface area contributed by atoms with Gasteiger partial charge in [0.15, 0.2) is 5.16 Å². The summed E-state index contributed by atoms with van der Waals surface area (Å²) in [6.45, 7) is 0. The van der Waals surface area contributed by atoms with E-state index < -0.39 is 10.0 Å². The number of H-pyrrole nitrogens is 1. The van der Waals surface area contributed by atoms with Crippen molar-refractivity contribution in [2.75, 3.05) is 6.26 Å².